The van der Waals surface area contributed by atoms with Crippen LogP contribution in [0.4, 0.5) is 10.3 Å². The zero-order chi connectivity index (χ0) is 18.7. The molecule has 5 heteroatoms. The van der Waals surface area contributed by atoms with Gasteiger partial charge in [-0.1, -0.05) is 26.8 Å². The molecule has 1 saturated carbocycles. The first-order chi connectivity index (χ1) is 12.2. The number of fused-ring (bicyclic) bond motifs is 3. The van der Waals surface area contributed by atoms with Gasteiger partial charge in [0.05, 0.1) is 10.9 Å². The molecule has 1 aliphatic carbocycles. The van der Waals surface area contributed by atoms with Gasteiger partial charge in [-0.3, -0.25) is 9.36 Å². The molecule has 2 bridgehead atoms. The molecule has 1 aliphatic heterocycles. The first kappa shape index (κ1) is 17.3. The summed E-state index contributed by atoms with van der Waals surface area (Å²) in [7, 11) is 0. The van der Waals surface area contributed by atoms with Crippen LogP contribution in [0.3, 0.4) is 0 Å². The second kappa shape index (κ2) is 5.66. The van der Waals surface area contributed by atoms with Crippen LogP contribution in [0.5, 0.6) is 0 Å². The van der Waals surface area contributed by atoms with Gasteiger partial charge in [0.2, 0.25) is 5.95 Å². The largest absolute Gasteiger partial charge is 0.339 e. The van der Waals surface area contributed by atoms with E-state index < -0.39 is 5.82 Å². The molecule has 2 fully saturated rings. The second-order valence-electron chi connectivity index (χ2n) is 9.12. The van der Waals surface area contributed by atoms with Crippen LogP contribution in [-0.2, 0) is 6.54 Å². The van der Waals surface area contributed by atoms with Crippen molar-refractivity contribution >= 4 is 16.9 Å². The van der Waals surface area contributed by atoms with Crippen molar-refractivity contribution in [2.45, 2.75) is 52.6 Å². The fourth-order valence-corrected chi connectivity index (χ4v) is 5.39. The summed E-state index contributed by atoms with van der Waals surface area (Å²) in [6.07, 6.45) is 5.10. The molecule has 1 saturated heterocycles. The molecule has 0 N–H and O–H groups in total. The fraction of sp³-hybridized carbons (Fsp3) is 0.524. The summed E-state index contributed by atoms with van der Waals surface area (Å²) in [6, 6.07) is 4.62. The van der Waals surface area contributed by atoms with Gasteiger partial charge >= 0.3 is 0 Å². The number of benzene rings is 1. The number of hydrogen-bond acceptors (Lipinski definition) is 3. The Bertz CT molecular complexity index is 948. The normalized spacial score (nSPS) is 27.1. The van der Waals surface area contributed by atoms with Crippen molar-refractivity contribution in [2.75, 3.05) is 11.4 Å². The van der Waals surface area contributed by atoms with Crippen molar-refractivity contribution < 1.29 is 4.39 Å². The van der Waals surface area contributed by atoms with E-state index in [1.165, 1.54) is 18.6 Å². The average molecular weight is 355 g/mol. The number of hydrogen-bond donors (Lipinski definition) is 0. The Kier molecular flexibility index (Phi) is 3.76. The minimum Gasteiger partial charge on any atom is -0.339 e. The lowest BCUT2D eigenvalue weighted by Crippen LogP contribution is -2.38. The van der Waals surface area contributed by atoms with E-state index in [1.54, 1.807) is 16.7 Å². The summed E-state index contributed by atoms with van der Waals surface area (Å²) in [5.41, 5.74) is 0.879. The van der Waals surface area contributed by atoms with Crippen LogP contribution >= 0.6 is 0 Å². The molecule has 1 aromatic carbocycles. The van der Waals surface area contributed by atoms with E-state index >= 15 is 0 Å². The molecule has 2 atom stereocenters. The number of halogens is 1. The van der Waals surface area contributed by atoms with Gasteiger partial charge < -0.3 is 4.90 Å². The van der Waals surface area contributed by atoms with E-state index in [4.69, 9.17) is 4.98 Å². The predicted octanol–water partition coefficient (Wildman–Crippen LogP) is 4.13. The van der Waals surface area contributed by atoms with Gasteiger partial charge in [0, 0.05) is 19.1 Å². The molecule has 0 radical (unpaired) electrons. The number of rotatable bonds is 3. The molecule has 0 unspecified atom stereocenters. The van der Waals surface area contributed by atoms with Crippen molar-refractivity contribution in [3.05, 3.63) is 47.0 Å². The molecule has 2 heterocycles. The summed E-state index contributed by atoms with van der Waals surface area (Å²) >= 11 is 0. The highest BCUT2D eigenvalue weighted by Gasteiger charge is 2.50. The van der Waals surface area contributed by atoms with E-state index in [1.807, 2.05) is 0 Å². The number of nitrogens with zero attached hydrogens (tertiary/aromatic N) is 3. The lowest BCUT2D eigenvalue weighted by atomic mass is 9.65. The Labute approximate surface area is 153 Å². The molecule has 4 rings (SSSR count). The van der Waals surface area contributed by atoms with Crippen LogP contribution in [-0.4, -0.2) is 22.1 Å². The molecule has 0 spiro atoms. The highest BCUT2D eigenvalue weighted by Crippen LogP contribution is 2.53. The standard InChI is InChI=1S/C21H26FN3O/c1-5-8-24-18(26)16-9-14(22)6-7-17(16)23-19(24)25-13-21(4)11-15(25)10-20(2,3)12-21/h5-7,9,15H,1,8,10-13H2,2-4H3/t15-,21-/m1/s1. The maximum absolute atomic E-state index is 13.6. The zero-order valence-electron chi connectivity index (χ0n) is 15.8. The van der Waals surface area contributed by atoms with Crippen LogP contribution in [0.2, 0.25) is 0 Å². The van der Waals surface area contributed by atoms with Gasteiger partial charge in [0.15, 0.2) is 0 Å². The van der Waals surface area contributed by atoms with Crippen molar-refractivity contribution in [1.82, 2.24) is 9.55 Å². The lowest BCUT2D eigenvalue weighted by Gasteiger charge is -2.39. The Morgan fingerprint density at radius 1 is 1.35 bits per heavy atom. The monoisotopic (exact) mass is 355 g/mol. The summed E-state index contributed by atoms with van der Waals surface area (Å²) < 4.78 is 15.3. The molecule has 1 aromatic heterocycles. The van der Waals surface area contributed by atoms with Crippen molar-refractivity contribution in [3.63, 3.8) is 0 Å². The minimum absolute atomic E-state index is 0.199. The van der Waals surface area contributed by atoms with Gasteiger partial charge in [0.1, 0.15) is 5.82 Å². The van der Waals surface area contributed by atoms with Crippen molar-refractivity contribution in [3.8, 4) is 0 Å². The Morgan fingerprint density at radius 2 is 2.12 bits per heavy atom. The molecule has 0 amide bonds. The smallest absolute Gasteiger partial charge is 0.263 e. The Morgan fingerprint density at radius 3 is 2.85 bits per heavy atom. The fourth-order valence-electron chi connectivity index (χ4n) is 5.39. The minimum atomic E-state index is -0.416. The highest BCUT2D eigenvalue weighted by atomic mass is 19.1. The first-order valence-corrected chi connectivity index (χ1v) is 9.29. The summed E-state index contributed by atoms with van der Waals surface area (Å²) in [6.45, 7) is 12.1. The highest BCUT2D eigenvalue weighted by molar-refractivity contribution is 5.79. The SMILES string of the molecule is C=CCn1c(N2C[C@]3(C)C[C@H]2CC(C)(C)C3)nc2ccc(F)cc2c1=O. The lowest BCUT2D eigenvalue weighted by molar-refractivity contribution is 0.136. The maximum atomic E-state index is 13.6. The number of allylic oxidation sites excluding steroid dienone is 1. The van der Waals surface area contributed by atoms with Gasteiger partial charge in [-0.15, -0.1) is 6.58 Å². The number of anilines is 1. The van der Waals surface area contributed by atoms with Gasteiger partial charge in [-0.2, -0.15) is 0 Å². The zero-order valence-corrected chi connectivity index (χ0v) is 15.8. The van der Waals surface area contributed by atoms with E-state index in [0.29, 0.717) is 29.4 Å². The molecule has 2 aliphatic rings. The molecular formula is C21H26FN3O. The van der Waals surface area contributed by atoms with E-state index in [-0.39, 0.29) is 16.4 Å². The number of aromatic nitrogens is 2. The molecule has 4 nitrogen and oxygen atoms in total. The van der Waals surface area contributed by atoms with Crippen molar-refractivity contribution in [1.29, 1.82) is 0 Å². The predicted molar refractivity (Wildman–Crippen MR) is 103 cm³/mol. The third kappa shape index (κ3) is 2.74. The van der Waals surface area contributed by atoms with E-state index in [9.17, 15) is 9.18 Å². The molecule has 26 heavy (non-hydrogen) atoms. The van der Waals surface area contributed by atoms with Gasteiger partial charge in [-0.05, 0) is 48.3 Å². The van der Waals surface area contributed by atoms with Crippen molar-refractivity contribution in [2.24, 2.45) is 10.8 Å². The van der Waals surface area contributed by atoms with Crippen LogP contribution in [0.1, 0.15) is 40.0 Å². The van der Waals surface area contributed by atoms with E-state index in [0.717, 1.165) is 19.4 Å². The third-order valence-corrected chi connectivity index (χ3v) is 5.88. The summed E-state index contributed by atoms with van der Waals surface area (Å²) in [5.74, 6) is 0.279. The molecular weight excluding hydrogens is 329 g/mol. The van der Waals surface area contributed by atoms with Crippen LogP contribution in [0.15, 0.2) is 35.6 Å². The Balaban J connectivity index is 1.89. The van der Waals surface area contributed by atoms with Gasteiger partial charge in [0.25, 0.3) is 5.56 Å². The first-order valence-electron chi connectivity index (χ1n) is 9.29. The second-order valence-corrected chi connectivity index (χ2v) is 9.12. The van der Waals surface area contributed by atoms with Crippen LogP contribution in [0, 0.1) is 16.6 Å². The summed E-state index contributed by atoms with van der Waals surface area (Å²) in [4.78, 5) is 20.1. The van der Waals surface area contributed by atoms with Gasteiger partial charge in [-0.25, -0.2) is 9.37 Å². The Hall–Kier alpha value is -2.17. The van der Waals surface area contributed by atoms with Crippen LogP contribution in [0.25, 0.3) is 10.9 Å². The molecule has 138 valence electrons. The average Bonchev–Trinajstić information content (AvgIpc) is 2.79. The molecule has 2 aromatic rings. The maximum Gasteiger partial charge on any atom is 0.263 e. The summed E-state index contributed by atoms with van der Waals surface area (Å²) in [5, 5.41) is 0.323. The van der Waals surface area contributed by atoms with E-state index in [2.05, 4.69) is 32.3 Å². The topological polar surface area (TPSA) is 38.1 Å². The quantitative estimate of drug-likeness (QED) is 0.777. The van der Waals surface area contributed by atoms with Crippen LogP contribution < -0.4 is 10.5 Å². The third-order valence-electron chi connectivity index (χ3n) is 5.88.